The van der Waals surface area contributed by atoms with Crippen molar-refractivity contribution in [3.8, 4) is 0 Å². The summed E-state index contributed by atoms with van der Waals surface area (Å²) in [6.45, 7) is 3.88. The van der Waals surface area contributed by atoms with Gasteiger partial charge in [-0.1, -0.05) is 19.9 Å². The lowest BCUT2D eigenvalue weighted by molar-refractivity contribution is -0.116. The third-order valence-electron chi connectivity index (χ3n) is 2.19. The molecule has 0 fully saturated rings. The highest BCUT2D eigenvalue weighted by molar-refractivity contribution is 5.90. The molecule has 0 aliphatic carbocycles. The van der Waals surface area contributed by atoms with Crippen LogP contribution in [0.3, 0.4) is 0 Å². The van der Waals surface area contributed by atoms with Gasteiger partial charge < -0.3 is 5.32 Å². The van der Waals surface area contributed by atoms with E-state index in [9.17, 15) is 9.18 Å². The first-order chi connectivity index (χ1) is 7.17. The second-order valence-corrected chi connectivity index (χ2v) is 3.47. The summed E-state index contributed by atoms with van der Waals surface area (Å²) < 4.78 is 13.4. The fourth-order valence-electron chi connectivity index (χ4n) is 1.32. The average molecular weight is 209 g/mol. The molecule has 2 nitrogen and oxygen atoms in total. The molecular formula is C12H16FNO. The predicted molar refractivity (Wildman–Crippen MR) is 59.3 cm³/mol. The molecule has 0 aromatic heterocycles. The van der Waals surface area contributed by atoms with Gasteiger partial charge in [0.25, 0.3) is 0 Å². The van der Waals surface area contributed by atoms with E-state index in [0.717, 1.165) is 18.4 Å². The Morgan fingerprint density at radius 2 is 2.13 bits per heavy atom. The number of amides is 1. The molecule has 0 atom stereocenters. The number of benzene rings is 1. The normalized spacial score (nSPS) is 10.1. The van der Waals surface area contributed by atoms with E-state index in [2.05, 4.69) is 5.32 Å². The summed E-state index contributed by atoms with van der Waals surface area (Å²) in [6.07, 6.45) is 1.98. The number of rotatable bonds is 4. The molecule has 0 saturated carbocycles. The number of carbonyl (C=O) groups excluding carboxylic acids is 1. The number of halogens is 1. The van der Waals surface area contributed by atoms with Crippen LogP contribution in [0, 0.1) is 5.82 Å². The van der Waals surface area contributed by atoms with Gasteiger partial charge in [0.05, 0.1) is 5.69 Å². The molecule has 1 amide bonds. The number of carbonyl (C=O) groups is 1. The molecular weight excluding hydrogens is 193 g/mol. The lowest BCUT2D eigenvalue weighted by Gasteiger charge is -2.06. The predicted octanol–water partition coefficient (Wildman–Crippen LogP) is 3.13. The Balaban J connectivity index is 2.73. The highest BCUT2D eigenvalue weighted by atomic mass is 19.1. The molecule has 1 rings (SSSR count). The van der Waals surface area contributed by atoms with Crippen LogP contribution >= 0.6 is 0 Å². The van der Waals surface area contributed by atoms with Gasteiger partial charge in [-0.25, -0.2) is 4.39 Å². The third-order valence-corrected chi connectivity index (χ3v) is 2.19. The Labute approximate surface area is 89.5 Å². The van der Waals surface area contributed by atoms with Gasteiger partial charge in [0.2, 0.25) is 5.91 Å². The molecule has 0 saturated heterocycles. The quantitative estimate of drug-likeness (QED) is 0.811. The van der Waals surface area contributed by atoms with E-state index in [-0.39, 0.29) is 17.4 Å². The Morgan fingerprint density at radius 3 is 2.67 bits per heavy atom. The summed E-state index contributed by atoms with van der Waals surface area (Å²) >= 11 is 0. The van der Waals surface area contributed by atoms with Gasteiger partial charge in [-0.05, 0) is 30.5 Å². The van der Waals surface area contributed by atoms with E-state index < -0.39 is 0 Å². The second kappa shape index (κ2) is 5.49. The molecule has 1 aromatic rings. The summed E-state index contributed by atoms with van der Waals surface area (Å²) in [6, 6.07) is 4.90. The van der Waals surface area contributed by atoms with E-state index in [1.165, 1.54) is 6.07 Å². The minimum absolute atomic E-state index is 0.138. The van der Waals surface area contributed by atoms with Crippen LogP contribution in [-0.2, 0) is 11.2 Å². The van der Waals surface area contributed by atoms with Crippen molar-refractivity contribution in [2.75, 3.05) is 5.32 Å². The topological polar surface area (TPSA) is 29.1 Å². The van der Waals surface area contributed by atoms with Crippen molar-refractivity contribution in [3.63, 3.8) is 0 Å². The molecule has 0 spiro atoms. The lowest BCUT2D eigenvalue weighted by atomic mass is 10.1. The minimum atomic E-state index is -0.362. The van der Waals surface area contributed by atoms with Crippen LogP contribution in [0.1, 0.15) is 32.3 Å². The zero-order valence-corrected chi connectivity index (χ0v) is 9.14. The zero-order chi connectivity index (χ0) is 11.3. The largest absolute Gasteiger partial charge is 0.324 e. The van der Waals surface area contributed by atoms with Crippen LogP contribution in [-0.4, -0.2) is 5.91 Å². The Morgan fingerprint density at radius 1 is 1.40 bits per heavy atom. The van der Waals surface area contributed by atoms with Gasteiger partial charge in [-0.15, -0.1) is 0 Å². The Kier molecular flexibility index (Phi) is 4.28. The molecule has 15 heavy (non-hydrogen) atoms. The van der Waals surface area contributed by atoms with Gasteiger partial charge in [-0.3, -0.25) is 4.79 Å². The van der Waals surface area contributed by atoms with Gasteiger partial charge >= 0.3 is 0 Å². The fourth-order valence-corrected chi connectivity index (χ4v) is 1.32. The van der Waals surface area contributed by atoms with E-state index in [1.54, 1.807) is 6.07 Å². The summed E-state index contributed by atoms with van der Waals surface area (Å²) in [4.78, 5) is 11.2. The SMILES string of the molecule is CCCC(=O)Nc1ccc(CC)cc1F. The molecule has 0 bridgehead atoms. The monoisotopic (exact) mass is 209 g/mol. The van der Waals surface area contributed by atoms with Crippen molar-refractivity contribution in [2.24, 2.45) is 0 Å². The van der Waals surface area contributed by atoms with Crippen LogP contribution < -0.4 is 5.32 Å². The smallest absolute Gasteiger partial charge is 0.224 e. The summed E-state index contributed by atoms with van der Waals surface area (Å²) in [5.74, 6) is -0.501. The molecule has 1 N–H and O–H groups in total. The highest BCUT2D eigenvalue weighted by Crippen LogP contribution is 2.16. The molecule has 3 heteroatoms. The first-order valence-electron chi connectivity index (χ1n) is 5.25. The maximum atomic E-state index is 13.4. The van der Waals surface area contributed by atoms with Crippen LogP contribution in [0.25, 0.3) is 0 Å². The Hall–Kier alpha value is -1.38. The molecule has 0 unspecified atom stereocenters. The number of hydrogen-bond acceptors (Lipinski definition) is 1. The van der Waals surface area contributed by atoms with E-state index in [0.29, 0.717) is 6.42 Å². The zero-order valence-electron chi connectivity index (χ0n) is 9.14. The average Bonchev–Trinajstić information content (AvgIpc) is 2.21. The van der Waals surface area contributed by atoms with Crippen LogP contribution in [0.5, 0.6) is 0 Å². The maximum Gasteiger partial charge on any atom is 0.224 e. The van der Waals surface area contributed by atoms with Crippen molar-refractivity contribution in [1.82, 2.24) is 0 Å². The van der Waals surface area contributed by atoms with Gasteiger partial charge in [0.15, 0.2) is 0 Å². The first-order valence-corrected chi connectivity index (χ1v) is 5.25. The minimum Gasteiger partial charge on any atom is -0.324 e. The summed E-state index contributed by atoms with van der Waals surface area (Å²) in [5.41, 5.74) is 1.20. The van der Waals surface area contributed by atoms with E-state index >= 15 is 0 Å². The third kappa shape index (κ3) is 3.35. The second-order valence-electron chi connectivity index (χ2n) is 3.47. The number of nitrogens with one attached hydrogen (secondary N) is 1. The Bertz CT molecular complexity index is 349. The first kappa shape index (κ1) is 11.7. The molecule has 0 aliphatic rings. The van der Waals surface area contributed by atoms with Crippen molar-refractivity contribution in [2.45, 2.75) is 33.1 Å². The van der Waals surface area contributed by atoms with Crippen LogP contribution in [0.2, 0.25) is 0 Å². The molecule has 1 aromatic carbocycles. The molecule has 82 valence electrons. The molecule has 0 radical (unpaired) electrons. The number of aryl methyl sites for hydroxylation is 1. The van der Waals surface area contributed by atoms with Gasteiger partial charge in [-0.2, -0.15) is 0 Å². The van der Waals surface area contributed by atoms with Crippen molar-refractivity contribution >= 4 is 11.6 Å². The van der Waals surface area contributed by atoms with Crippen LogP contribution in [0.4, 0.5) is 10.1 Å². The summed E-state index contributed by atoms with van der Waals surface area (Å²) in [5, 5.41) is 2.55. The number of hydrogen-bond donors (Lipinski definition) is 1. The molecule has 0 aliphatic heterocycles. The van der Waals surface area contributed by atoms with E-state index in [1.807, 2.05) is 19.9 Å². The van der Waals surface area contributed by atoms with Gasteiger partial charge in [0.1, 0.15) is 5.82 Å². The van der Waals surface area contributed by atoms with Crippen molar-refractivity contribution in [3.05, 3.63) is 29.6 Å². The number of anilines is 1. The summed E-state index contributed by atoms with van der Waals surface area (Å²) in [7, 11) is 0. The van der Waals surface area contributed by atoms with Crippen LogP contribution in [0.15, 0.2) is 18.2 Å². The fraction of sp³-hybridized carbons (Fsp3) is 0.417. The standard InChI is InChI=1S/C12H16FNO/c1-3-5-12(15)14-11-7-6-9(4-2)8-10(11)13/h6-8H,3-5H2,1-2H3,(H,14,15). The highest BCUT2D eigenvalue weighted by Gasteiger charge is 2.06. The van der Waals surface area contributed by atoms with E-state index in [4.69, 9.17) is 0 Å². The van der Waals surface area contributed by atoms with Crippen molar-refractivity contribution < 1.29 is 9.18 Å². The van der Waals surface area contributed by atoms with Gasteiger partial charge in [0, 0.05) is 6.42 Å². The van der Waals surface area contributed by atoms with Crippen molar-refractivity contribution in [1.29, 1.82) is 0 Å². The maximum absolute atomic E-state index is 13.4. The molecule has 0 heterocycles. The lowest BCUT2D eigenvalue weighted by Crippen LogP contribution is -2.11.